The Morgan fingerprint density at radius 1 is 1.14 bits per heavy atom. The van der Waals surface area contributed by atoms with E-state index in [0.29, 0.717) is 25.9 Å². The molecule has 0 spiro atoms. The van der Waals surface area contributed by atoms with Crippen molar-refractivity contribution in [1.29, 1.82) is 0 Å². The largest absolute Gasteiger partial charge is 0.481 e. The fourth-order valence-electron chi connectivity index (χ4n) is 4.02. The van der Waals surface area contributed by atoms with Crippen LogP contribution in [-0.4, -0.2) is 30.1 Å². The van der Waals surface area contributed by atoms with Crippen LogP contribution in [0.15, 0.2) is 48.5 Å². The fraction of sp³-hybridized carbons (Fsp3) is 0.417. The van der Waals surface area contributed by atoms with Gasteiger partial charge in [0, 0.05) is 43.1 Å². The van der Waals surface area contributed by atoms with Crippen molar-refractivity contribution in [3.63, 3.8) is 0 Å². The molecular formula is C24H30N2O3. The number of aliphatic carboxylic acids is 1. The van der Waals surface area contributed by atoms with E-state index < -0.39 is 5.97 Å². The first-order valence-electron chi connectivity index (χ1n) is 10.2. The normalized spacial score (nSPS) is 16.0. The second kappa shape index (κ2) is 8.78. The van der Waals surface area contributed by atoms with Gasteiger partial charge in [-0.25, -0.2) is 0 Å². The minimum absolute atomic E-state index is 0.0734. The number of amides is 1. The summed E-state index contributed by atoms with van der Waals surface area (Å²) in [7, 11) is 0. The monoisotopic (exact) mass is 394 g/mol. The summed E-state index contributed by atoms with van der Waals surface area (Å²) in [4.78, 5) is 25.8. The number of anilines is 1. The zero-order valence-electron chi connectivity index (χ0n) is 17.4. The van der Waals surface area contributed by atoms with Gasteiger partial charge in [-0.3, -0.25) is 9.59 Å². The van der Waals surface area contributed by atoms with Crippen molar-refractivity contribution < 1.29 is 14.7 Å². The molecule has 2 aromatic carbocycles. The predicted octanol–water partition coefficient (Wildman–Crippen LogP) is 4.21. The number of carbonyl (C=O) groups is 2. The van der Waals surface area contributed by atoms with Crippen molar-refractivity contribution >= 4 is 17.6 Å². The van der Waals surface area contributed by atoms with Gasteiger partial charge in [-0.05, 0) is 44.4 Å². The molecule has 154 valence electrons. The van der Waals surface area contributed by atoms with Gasteiger partial charge in [0.25, 0.3) is 0 Å². The summed E-state index contributed by atoms with van der Waals surface area (Å²) < 4.78 is 0. The summed E-state index contributed by atoms with van der Waals surface area (Å²) in [6.45, 7) is 7.39. The lowest BCUT2D eigenvalue weighted by Crippen LogP contribution is -2.39. The van der Waals surface area contributed by atoms with Crippen LogP contribution in [0.3, 0.4) is 0 Å². The van der Waals surface area contributed by atoms with Crippen LogP contribution in [0.4, 0.5) is 5.69 Å². The van der Waals surface area contributed by atoms with Gasteiger partial charge in [0.2, 0.25) is 5.91 Å². The molecule has 1 amide bonds. The highest BCUT2D eigenvalue weighted by Gasteiger charge is 2.32. The molecule has 0 radical (unpaired) electrons. The van der Waals surface area contributed by atoms with E-state index in [2.05, 4.69) is 37.4 Å². The number of hydrogen-bond acceptors (Lipinski definition) is 3. The predicted molar refractivity (Wildman–Crippen MR) is 115 cm³/mol. The Balaban J connectivity index is 1.64. The molecule has 0 bridgehead atoms. The highest BCUT2D eigenvalue weighted by molar-refractivity contribution is 5.96. The Kier molecular flexibility index (Phi) is 6.38. The highest BCUT2D eigenvalue weighted by Crippen LogP contribution is 2.39. The van der Waals surface area contributed by atoms with Gasteiger partial charge in [-0.2, -0.15) is 0 Å². The van der Waals surface area contributed by atoms with E-state index in [9.17, 15) is 9.59 Å². The van der Waals surface area contributed by atoms with Gasteiger partial charge < -0.3 is 15.3 Å². The molecule has 5 heteroatoms. The van der Waals surface area contributed by atoms with Gasteiger partial charge in [-0.15, -0.1) is 0 Å². The number of hydrogen-bond donors (Lipinski definition) is 2. The maximum Gasteiger partial charge on any atom is 0.303 e. The zero-order chi connectivity index (χ0) is 21.0. The quantitative estimate of drug-likeness (QED) is 0.704. The molecule has 1 aliphatic rings. The van der Waals surface area contributed by atoms with E-state index in [0.717, 1.165) is 16.8 Å². The lowest BCUT2D eigenvalue weighted by atomic mass is 9.94. The summed E-state index contributed by atoms with van der Waals surface area (Å²) >= 11 is 0. The number of carboxylic acid groups (broad SMARTS) is 1. The van der Waals surface area contributed by atoms with E-state index in [1.54, 1.807) is 0 Å². The van der Waals surface area contributed by atoms with Crippen LogP contribution in [0, 0.1) is 6.92 Å². The molecular weight excluding hydrogens is 364 g/mol. The third kappa shape index (κ3) is 5.04. The average Bonchev–Trinajstić information content (AvgIpc) is 3.04. The number of aryl methyl sites for hydroxylation is 1. The molecule has 1 unspecified atom stereocenters. The van der Waals surface area contributed by atoms with Gasteiger partial charge in [-0.1, -0.05) is 48.0 Å². The molecule has 5 nitrogen and oxygen atoms in total. The maximum atomic E-state index is 13.0. The van der Waals surface area contributed by atoms with Crippen molar-refractivity contribution in [2.45, 2.75) is 51.5 Å². The fourth-order valence-corrected chi connectivity index (χ4v) is 4.02. The highest BCUT2D eigenvalue weighted by atomic mass is 16.4. The van der Waals surface area contributed by atoms with Crippen LogP contribution in [0.25, 0.3) is 0 Å². The van der Waals surface area contributed by atoms with Crippen molar-refractivity contribution in [3.05, 3.63) is 65.2 Å². The van der Waals surface area contributed by atoms with Crippen molar-refractivity contribution in [2.24, 2.45) is 0 Å². The van der Waals surface area contributed by atoms with Crippen molar-refractivity contribution in [2.75, 3.05) is 18.0 Å². The minimum Gasteiger partial charge on any atom is -0.481 e. The van der Waals surface area contributed by atoms with Crippen LogP contribution in [0.1, 0.15) is 55.7 Å². The number of nitrogens with one attached hydrogen (secondary N) is 1. The summed E-state index contributed by atoms with van der Waals surface area (Å²) in [5, 5.41) is 12.5. The molecule has 0 aliphatic carbocycles. The third-order valence-electron chi connectivity index (χ3n) is 5.73. The first-order chi connectivity index (χ1) is 13.8. The number of rotatable bonds is 8. The Labute approximate surface area is 172 Å². The Hall–Kier alpha value is -2.66. The molecule has 0 saturated carbocycles. The second-order valence-electron chi connectivity index (χ2n) is 8.36. The molecule has 1 heterocycles. The number of nitrogens with zero attached hydrogens (tertiary/aromatic N) is 1. The Morgan fingerprint density at radius 2 is 1.86 bits per heavy atom. The van der Waals surface area contributed by atoms with Gasteiger partial charge >= 0.3 is 5.97 Å². The topological polar surface area (TPSA) is 69.6 Å². The van der Waals surface area contributed by atoms with Crippen LogP contribution >= 0.6 is 0 Å². The summed E-state index contributed by atoms with van der Waals surface area (Å²) in [5.41, 5.74) is 4.12. The molecule has 1 atom stereocenters. The van der Waals surface area contributed by atoms with Crippen molar-refractivity contribution in [3.8, 4) is 0 Å². The Bertz CT molecular complexity index is 877. The maximum absolute atomic E-state index is 13.0. The molecule has 2 N–H and O–H groups in total. The SMILES string of the molecule is Cc1ccc2c(c1)C(CCC(=O)O)CN2C(=O)CCNC(C)(C)c1ccccc1. The first-order valence-corrected chi connectivity index (χ1v) is 10.2. The number of carboxylic acids is 1. The van der Waals surface area contributed by atoms with E-state index in [1.807, 2.05) is 42.2 Å². The smallest absolute Gasteiger partial charge is 0.303 e. The van der Waals surface area contributed by atoms with Crippen LogP contribution < -0.4 is 10.2 Å². The average molecular weight is 395 g/mol. The van der Waals surface area contributed by atoms with Crippen LogP contribution in [0.5, 0.6) is 0 Å². The summed E-state index contributed by atoms with van der Waals surface area (Å²) in [6.07, 6.45) is 1.07. The minimum atomic E-state index is -0.795. The van der Waals surface area contributed by atoms with Crippen molar-refractivity contribution in [1.82, 2.24) is 5.32 Å². The van der Waals surface area contributed by atoms with E-state index in [1.165, 1.54) is 5.56 Å². The van der Waals surface area contributed by atoms with Crippen LogP contribution in [-0.2, 0) is 15.1 Å². The zero-order valence-corrected chi connectivity index (χ0v) is 17.4. The molecule has 0 saturated heterocycles. The number of fused-ring (bicyclic) bond motifs is 1. The summed E-state index contributed by atoms with van der Waals surface area (Å²) in [6, 6.07) is 16.3. The van der Waals surface area contributed by atoms with Crippen LogP contribution in [0.2, 0.25) is 0 Å². The lowest BCUT2D eigenvalue weighted by molar-refractivity contribution is -0.137. The van der Waals surface area contributed by atoms with E-state index in [-0.39, 0.29) is 23.8 Å². The van der Waals surface area contributed by atoms with Gasteiger partial charge in [0.05, 0.1) is 0 Å². The third-order valence-corrected chi connectivity index (χ3v) is 5.73. The number of benzene rings is 2. The molecule has 2 aromatic rings. The standard InChI is InChI=1S/C24H30N2O3/c1-17-9-11-21-20(15-17)18(10-12-23(28)29)16-26(21)22(27)13-14-25-24(2,3)19-7-5-4-6-8-19/h4-9,11,15,18,25H,10,12-14,16H2,1-3H3,(H,28,29). The molecule has 0 aromatic heterocycles. The van der Waals surface area contributed by atoms with E-state index in [4.69, 9.17) is 5.11 Å². The molecule has 0 fully saturated rings. The van der Waals surface area contributed by atoms with Gasteiger partial charge in [0.1, 0.15) is 0 Å². The second-order valence-corrected chi connectivity index (χ2v) is 8.36. The van der Waals surface area contributed by atoms with E-state index >= 15 is 0 Å². The van der Waals surface area contributed by atoms with Gasteiger partial charge in [0.15, 0.2) is 0 Å². The summed E-state index contributed by atoms with van der Waals surface area (Å²) in [5.74, 6) is -0.640. The molecule has 3 rings (SSSR count). The molecule has 29 heavy (non-hydrogen) atoms. The first kappa shape index (κ1) is 21.1. The number of carbonyl (C=O) groups excluding carboxylic acids is 1. The lowest BCUT2D eigenvalue weighted by Gasteiger charge is -2.27. The molecule has 1 aliphatic heterocycles. The Morgan fingerprint density at radius 3 is 2.55 bits per heavy atom.